The van der Waals surface area contributed by atoms with Crippen molar-refractivity contribution in [2.75, 3.05) is 31.1 Å². The minimum absolute atomic E-state index is 0.00490. The number of halogens is 4. The minimum atomic E-state index is -4.65. The summed E-state index contributed by atoms with van der Waals surface area (Å²) in [5, 5.41) is 9.00. The molecule has 0 radical (unpaired) electrons. The lowest BCUT2D eigenvalue weighted by Gasteiger charge is -2.35. The number of carbonyl (C=O) groups is 1. The zero-order chi connectivity index (χ0) is 23.0. The van der Waals surface area contributed by atoms with E-state index in [4.69, 9.17) is 5.11 Å². The molecule has 1 fully saturated rings. The van der Waals surface area contributed by atoms with E-state index in [0.717, 1.165) is 12.1 Å². The number of hydrogen-bond donors (Lipinski definition) is 1. The van der Waals surface area contributed by atoms with Gasteiger partial charge in [0, 0.05) is 26.2 Å². The molecule has 1 saturated heterocycles. The Balaban J connectivity index is 1.75. The second-order valence-electron chi connectivity index (χ2n) is 7.21. The lowest BCUT2D eigenvalue weighted by atomic mass is 10.1. The van der Waals surface area contributed by atoms with Crippen LogP contribution in [0.1, 0.15) is 16.7 Å². The third-order valence-electron chi connectivity index (χ3n) is 5.15. The van der Waals surface area contributed by atoms with E-state index in [1.54, 1.807) is 13.0 Å². The molecule has 1 aliphatic heterocycles. The first-order valence-electron chi connectivity index (χ1n) is 9.33. The molecule has 11 heteroatoms. The lowest BCUT2D eigenvalue weighted by molar-refractivity contribution is -0.138. The Morgan fingerprint density at radius 1 is 1.06 bits per heavy atom. The molecule has 6 nitrogen and oxygen atoms in total. The smallest absolute Gasteiger partial charge is 0.416 e. The molecule has 0 aliphatic carbocycles. The number of carboxylic acids is 1. The van der Waals surface area contributed by atoms with Crippen molar-refractivity contribution in [1.82, 2.24) is 4.31 Å². The summed E-state index contributed by atoms with van der Waals surface area (Å²) >= 11 is 0. The van der Waals surface area contributed by atoms with Gasteiger partial charge < -0.3 is 10.0 Å². The summed E-state index contributed by atoms with van der Waals surface area (Å²) in [7, 11) is -3.91. The fraction of sp³-hybridized carbons (Fsp3) is 0.350. The summed E-state index contributed by atoms with van der Waals surface area (Å²) in [6.45, 7) is 1.88. The SMILES string of the molecule is Cc1ccc(S(=O)(=O)N2CCN(c3ccc(C(F)(F)F)cc3F)CC2)cc1CC(=O)O. The van der Waals surface area contributed by atoms with Crippen molar-refractivity contribution in [2.24, 2.45) is 0 Å². The molecule has 0 bridgehead atoms. The van der Waals surface area contributed by atoms with Gasteiger partial charge in [0.15, 0.2) is 0 Å². The van der Waals surface area contributed by atoms with Crippen LogP contribution in [0.3, 0.4) is 0 Å². The van der Waals surface area contributed by atoms with Crippen LogP contribution in [0.5, 0.6) is 0 Å². The molecule has 3 rings (SSSR count). The summed E-state index contributed by atoms with van der Waals surface area (Å²) in [5.74, 6) is -2.10. The van der Waals surface area contributed by atoms with Crippen molar-refractivity contribution in [3.8, 4) is 0 Å². The topological polar surface area (TPSA) is 77.9 Å². The molecular formula is C20H20F4N2O4S. The normalized spacial score (nSPS) is 15.8. The minimum Gasteiger partial charge on any atom is -0.481 e. The highest BCUT2D eigenvalue weighted by molar-refractivity contribution is 7.89. The molecule has 31 heavy (non-hydrogen) atoms. The zero-order valence-corrected chi connectivity index (χ0v) is 17.3. The first-order chi connectivity index (χ1) is 14.4. The van der Waals surface area contributed by atoms with E-state index in [9.17, 15) is 30.8 Å². The Kier molecular flexibility index (Phi) is 6.28. The van der Waals surface area contributed by atoms with E-state index in [2.05, 4.69) is 0 Å². The second kappa shape index (κ2) is 8.46. The number of benzene rings is 2. The van der Waals surface area contributed by atoms with Gasteiger partial charge in [-0.15, -0.1) is 0 Å². The highest BCUT2D eigenvalue weighted by atomic mass is 32.2. The first kappa shape index (κ1) is 23.0. The Labute approximate surface area is 176 Å². The van der Waals surface area contributed by atoms with Crippen LogP contribution in [0.25, 0.3) is 0 Å². The summed E-state index contributed by atoms with van der Waals surface area (Å²) in [6, 6.07) is 6.53. The number of aryl methyl sites for hydroxylation is 1. The van der Waals surface area contributed by atoms with Crippen LogP contribution in [0.4, 0.5) is 23.2 Å². The van der Waals surface area contributed by atoms with E-state index in [0.29, 0.717) is 17.2 Å². The van der Waals surface area contributed by atoms with Crippen molar-refractivity contribution < 1.29 is 35.9 Å². The maximum Gasteiger partial charge on any atom is 0.416 e. The fourth-order valence-corrected chi connectivity index (χ4v) is 4.89. The maximum atomic E-state index is 14.2. The van der Waals surface area contributed by atoms with Crippen LogP contribution < -0.4 is 4.90 Å². The van der Waals surface area contributed by atoms with E-state index in [1.807, 2.05) is 0 Å². The van der Waals surface area contributed by atoms with Crippen molar-refractivity contribution >= 4 is 21.7 Å². The molecular weight excluding hydrogens is 440 g/mol. The number of nitrogens with zero attached hydrogens (tertiary/aromatic N) is 2. The Hall–Kier alpha value is -2.66. The number of anilines is 1. The van der Waals surface area contributed by atoms with Gasteiger partial charge >= 0.3 is 12.1 Å². The van der Waals surface area contributed by atoms with Gasteiger partial charge in [0.1, 0.15) is 5.82 Å². The molecule has 0 amide bonds. The zero-order valence-electron chi connectivity index (χ0n) is 16.5. The van der Waals surface area contributed by atoms with Gasteiger partial charge in [0.05, 0.1) is 22.6 Å². The number of piperazine rings is 1. The molecule has 1 heterocycles. The van der Waals surface area contributed by atoms with Crippen LogP contribution in [0.15, 0.2) is 41.3 Å². The van der Waals surface area contributed by atoms with Crippen LogP contribution in [-0.2, 0) is 27.4 Å². The van der Waals surface area contributed by atoms with Crippen molar-refractivity contribution in [2.45, 2.75) is 24.4 Å². The number of rotatable bonds is 5. The van der Waals surface area contributed by atoms with Crippen LogP contribution in [-0.4, -0.2) is 50.0 Å². The van der Waals surface area contributed by atoms with Crippen LogP contribution in [0, 0.1) is 12.7 Å². The Morgan fingerprint density at radius 2 is 1.71 bits per heavy atom. The highest BCUT2D eigenvalue weighted by Gasteiger charge is 2.33. The Bertz CT molecular complexity index is 1090. The van der Waals surface area contributed by atoms with Gasteiger partial charge in [0.2, 0.25) is 10.0 Å². The van der Waals surface area contributed by atoms with Crippen molar-refractivity contribution in [1.29, 1.82) is 0 Å². The number of alkyl halides is 3. The molecule has 2 aromatic rings. The average molecular weight is 460 g/mol. The van der Waals surface area contributed by atoms with Gasteiger partial charge in [-0.3, -0.25) is 4.79 Å². The second-order valence-corrected chi connectivity index (χ2v) is 9.15. The van der Waals surface area contributed by atoms with E-state index in [-0.39, 0.29) is 43.2 Å². The standard InChI is InChI=1S/C20H20F4N2O4S/c1-13-2-4-16(10-14(13)11-19(27)28)31(29,30)26-8-6-25(7-9-26)18-5-3-15(12-17(18)21)20(22,23)24/h2-5,10,12H,6-9,11H2,1H3,(H,27,28). The van der Waals surface area contributed by atoms with E-state index >= 15 is 0 Å². The largest absolute Gasteiger partial charge is 0.481 e. The molecule has 0 atom stereocenters. The third-order valence-corrected chi connectivity index (χ3v) is 7.05. The van der Waals surface area contributed by atoms with E-state index in [1.165, 1.54) is 21.3 Å². The summed E-state index contributed by atoms with van der Waals surface area (Å²) in [4.78, 5) is 12.5. The average Bonchev–Trinajstić information content (AvgIpc) is 2.68. The molecule has 2 aromatic carbocycles. The summed E-state index contributed by atoms with van der Waals surface area (Å²) < 4.78 is 79.5. The summed E-state index contributed by atoms with van der Waals surface area (Å²) in [6.07, 6.45) is -4.96. The monoisotopic (exact) mass is 460 g/mol. The highest BCUT2D eigenvalue weighted by Crippen LogP contribution is 2.33. The molecule has 168 valence electrons. The lowest BCUT2D eigenvalue weighted by Crippen LogP contribution is -2.49. The molecule has 0 unspecified atom stereocenters. The molecule has 0 spiro atoms. The van der Waals surface area contributed by atoms with Gasteiger partial charge in [0.25, 0.3) is 0 Å². The van der Waals surface area contributed by atoms with Gasteiger partial charge in [-0.25, -0.2) is 12.8 Å². The van der Waals surface area contributed by atoms with Gasteiger partial charge in [-0.05, 0) is 48.4 Å². The predicted molar refractivity (Wildman–Crippen MR) is 105 cm³/mol. The quantitative estimate of drug-likeness (QED) is 0.693. The Morgan fingerprint density at radius 3 is 2.26 bits per heavy atom. The number of carboxylic acid groups (broad SMARTS) is 1. The third kappa shape index (κ3) is 4.99. The van der Waals surface area contributed by atoms with Gasteiger partial charge in [-0.2, -0.15) is 17.5 Å². The molecule has 0 aromatic heterocycles. The van der Waals surface area contributed by atoms with E-state index < -0.39 is 33.5 Å². The fourth-order valence-electron chi connectivity index (χ4n) is 3.42. The number of hydrogen-bond acceptors (Lipinski definition) is 4. The van der Waals surface area contributed by atoms with Gasteiger partial charge in [-0.1, -0.05) is 6.07 Å². The van der Waals surface area contributed by atoms with Crippen molar-refractivity contribution in [3.63, 3.8) is 0 Å². The molecule has 1 N–H and O–H groups in total. The molecule has 0 saturated carbocycles. The first-order valence-corrected chi connectivity index (χ1v) is 10.8. The number of aliphatic carboxylic acids is 1. The van der Waals surface area contributed by atoms with Crippen LogP contribution in [0.2, 0.25) is 0 Å². The summed E-state index contributed by atoms with van der Waals surface area (Å²) in [5.41, 5.74) is -0.0707. The maximum absolute atomic E-state index is 14.2. The van der Waals surface area contributed by atoms with Crippen LogP contribution >= 0.6 is 0 Å². The van der Waals surface area contributed by atoms with Crippen molar-refractivity contribution in [3.05, 3.63) is 58.9 Å². The predicted octanol–water partition coefficient (Wildman–Crippen LogP) is 3.29. The molecule has 1 aliphatic rings. The number of sulfonamides is 1.